The van der Waals surface area contributed by atoms with E-state index in [0.717, 1.165) is 30.8 Å². The van der Waals surface area contributed by atoms with Crippen LogP contribution in [0.1, 0.15) is 41.7 Å². The molecular weight excluding hydrogens is 467 g/mol. The summed E-state index contributed by atoms with van der Waals surface area (Å²) >= 11 is -1.15. The van der Waals surface area contributed by atoms with Gasteiger partial charge in [0.25, 0.3) is 5.91 Å². The standard InChI is InChI=1S/C25H25FN6O2S/c1-2-35(34)30-20-10-8-17(9-11-20)25(33)28-21-16-27-32-14-12-23(29-24(21)32)31-13-4-7-22(31)18-5-3-6-19(26)15-18/h3,5-6,8-12,14-16,22,30H,2,4,7,13H2,1H3,(H,28,33). The first kappa shape index (κ1) is 23.1. The van der Waals surface area contributed by atoms with Gasteiger partial charge in [-0.2, -0.15) is 5.10 Å². The monoisotopic (exact) mass is 492 g/mol. The van der Waals surface area contributed by atoms with Crippen molar-refractivity contribution in [3.05, 3.63) is 83.9 Å². The smallest absolute Gasteiger partial charge is 0.255 e. The van der Waals surface area contributed by atoms with E-state index < -0.39 is 11.4 Å². The molecule has 4 aromatic rings. The molecule has 1 aliphatic rings. The van der Waals surface area contributed by atoms with E-state index in [0.29, 0.717) is 28.3 Å². The Balaban J connectivity index is 1.36. The number of aromatic nitrogens is 3. The highest BCUT2D eigenvalue weighted by molar-refractivity contribution is 7.92. The van der Waals surface area contributed by atoms with Gasteiger partial charge in [0, 0.05) is 18.3 Å². The normalized spacial score (nSPS) is 16.4. The molecule has 10 heteroatoms. The number of benzene rings is 2. The van der Waals surface area contributed by atoms with E-state index in [4.69, 9.17) is 4.98 Å². The maximum absolute atomic E-state index is 13.8. The van der Waals surface area contributed by atoms with Gasteiger partial charge in [0.05, 0.1) is 29.3 Å². The second-order valence-corrected chi connectivity index (χ2v) is 9.76. The summed E-state index contributed by atoms with van der Waals surface area (Å²) in [6, 6.07) is 15.4. The lowest BCUT2D eigenvalue weighted by Gasteiger charge is -2.26. The maximum atomic E-state index is 13.8. The second-order valence-electron chi connectivity index (χ2n) is 8.29. The molecular formula is C25H25FN6O2S. The molecule has 1 amide bonds. The average Bonchev–Trinajstić information content (AvgIpc) is 3.51. The molecule has 0 bridgehead atoms. The van der Waals surface area contributed by atoms with Gasteiger partial charge in [-0.05, 0) is 67.8 Å². The summed E-state index contributed by atoms with van der Waals surface area (Å²) in [5, 5.41) is 7.19. The molecule has 2 aromatic carbocycles. The number of halogens is 1. The number of anilines is 3. The number of nitrogens with one attached hydrogen (secondary N) is 2. The SMILES string of the molecule is CC[S+]([O-])Nc1ccc(C(=O)Nc2cnn3ccc(N4CCCC4c4cccc(F)c4)nc23)cc1. The molecule has 0 radical (unpaired) electrons. The molecule has 2 N–H and O–H groups in total. The Morgan fingerprint density at radius 2 is 2.06 bits per heavy atom. The zero-order valence-electron chi connectivity index (χ0n) is 19.1. The minimum Gasteiger partial charge on any atom is -0.593 e. The van der Waals surface area contributed by atoms with Crippen molar-refractivity contribution in [3.63, 3.8) is 0 Å². The first-order chi connectivity index (χ1) is 17.0. The highest BCUT2D eigenvalue weighted by Gasteiger charge is 2.28. The zero-order valence-corrected chi connectivity index (χ0v) is 20.0. The first-order valence-electron chi connectivity index (χ1n) is 11.4. The van der Waals surface area contributed by atoms with Crippen LogP contribution >= 0.6 is 0 Å². The molecule has 2 aromatic heterocycles. The summed E-state index contributed by atoms with van der Waals surface area (Å²) < 4.78 is 30.0. The number of hydrogen-bond acceptors (Lipinski definition) is 6. The molecule has 2 unspecified atom stereocenters. The third-order valence-electron chi connectivity index (χ3n) is 6.02. The van der Waals surface area contributed by atoms with Gasteiger partial charge in [-0.1, -0.05) is 12.1 Å². The lowest BCUT2D eigenvalue weighted by molar-refractivity contribution is 0.102. The van der Waals surface area contributed by atoms with Crippen LogP contribution in [0, 0.1) is 5.82 Å². The Kier molecular flexibility index (Phi) is 6.56. The molecule has 1 fully saturated rings. The van der Waals surface area contributed by atoms with Crippen molar-refractivity contribution in [2.45, 2.75) is 25.8 Å². The van der Waals surface area contributed by atoms with Gasteiger partial charge in [0.15, 0.2) is 5.65 Å². The average molecular weight is 493 g/mol. The van der Waals surface area contributed by atoms with Crippen LogP contribution in [0.4, 0.5) is 21.6 Å². The van der Waals surface area contributed by atoms with Crippen LogP contribution in [0.25, 0.3) is 5.65 Å². The molecule has 1 aliphatic heterocycles. The van der Waals surface area contributed by atoms with Gasteiger partial charge in [-0.25, -0.2) is 18.6 Å². The third-order valence-corrected chi connectivity index (χ3v) is 7.01. The fraction of sp³-hybridized carbons (Fsp3) is 0.240. The van der Waals surface area contributed by atoms with Crippen molar-refractivity contribution in [2.75, 3.05) is 27.2 Å². The summed E-state index contributed by atoms with van der Waals surface area (Å²) in [5.41, 5.74) is 3.08. The summed E-state index contributed by atoms with van der Waals surface area (Å²) in [7, 11) is 0. The number of nitrogens with zero attached hydrogens (tertiary/aromatic N) is 4. The lowest BCUT2D eigenvalue weighted by atomic mass is 10.0. The number of hydrogen-bond donors (Lipinski definition) is 2. The molecule has 180 valence electrons. The van der Waals surface area contributed by atoms with Gasteiger partial charge >= 0.3 is 0 Å². The molecule has 1 saturated heterocycles. The Labute approximate surface area is 205 Å². The number of amides is 1. The zero-order chi connectivity index (χ0) is 24.4. The highest BCUT2D eigenvalue weighted by atomic mass is 32.2. The molecule has 3 heterocycles. The van der Waals surface area contributed by atoms with E-state index in [9.17, 15) is 13.7 Å². The summed E-state index contributed by atoms with van der Waals surface area (Å²) in [5.74, 6) is 0.696. The summed E-state index contributed by atoms with van der Waals surface area (Å²) in [6.45, 7) is 2.63. The van der Waals surface area contributed by atoms with Crippen LogP contribution in [0.2, 0.25) is 0 Å². The van der Waals surface area contributed by atoms with E-state index in [1.54, 1.807) is 47.1 Å². The quantitative estimate of drug-likeness (QED) is 0.367. The number of rotatable bonds is 7. The number of carbonyl (C=O) groups excluding carboxylic acids is 1. The minimum atomic E-state index is -1.15. The lowest BCUT2D eigenvalue weighted by Crippen LogP contribution is -2.24. The summed E-state index contributed by atoms with van der Waals surface area (Å²) in [6.07, 6.45) is 5.27. The van der Waals surface area contributed by atoms with Crippen molar-refractivity contribution < 1.29 is 13.7 Å². The van der Waals surface area contributed by atoms with Gasteiger partial charge < -0.3 is 14.8 Å². The predicted octanol–water partition coefficient (Wildman–Crippen LogP) is 4.56. The van der Waals surface area contributed by atoms with Crippen LogP contribution in [0.3, 0.4) is 0 Å². The van der Waals surface area contributed by atoms with Crippen LogP contribution in [-0.2, 0) is 11.4 Å². The predicted molar refractivity (Wildman–Crippen MR) is 135 cm³/mol. The van der Waals surface area contributed by atoms with Crippen molar-refractivity contribution in [3.8, 4) is 0 Å². The first-order valence-corrected chi connectivity index (χ1v) is 12.8. The second kappa shape index (κ2) is 9.93. The Hall–Kier alpha value is -3.63. The van der Waals surface area contributed by atoms with E-state index >= 15 is 0 Å². The fourth-order valence-corrected chi connectivity index (χ4v) is 4.84. The Morgan fingerprint density at radius 1 is 1.23 bits per heavy atom. The van der Waals surface area contributed by atoms with Crippen LogP contribution in [0.5, 0.6) is 0 Å². The van der Waals surface area contributed by atoms with E-state index in [2.05, 4.69) is 20.0 Å². The van der Waals surface area contributed by atoms with E-state index in [1.165, 1.54) is 6.07 Å². The highest BCUT2D eigenvalue weighted by Crippen LogP contribution is 2.36. The van der Waals surface area contributed by atoms with Crippen LogP contribution < -0.4 is 14.9 Å². The summed E-state index contributed by atoms with van der Waals surface area (Å²) in [4.78, 5) is 19.8. The van der Waals surface area contributed by atoms with Gasteiger partial charge in [-0.15, -0.1) is 0 Å². The van der Waals surface area contributed by atoms with Crippen molar-refractivity contribution in [1.29, 1.82) is 0 Å². The molecule has 0 spiro atoms. The Morgan fingerprint density at radius 3 is 2.83 bits per heavy atom. The van der Waals surface area contributed by atoms with Gasteiger partial charge in [0.2, 0.25) is 0 Å². The maximum Gasteiger partial charge on any atom is 0.255 e. The molecule has 0 aliphatic carbocycles. The van der Waals surface area contributed by atoms with Gasteiger partial charge in [0.1, 0.15) is 23.1 Å². The Bertz CT molecular complexity index is 1350. The molecule has 2 atom stereocenters. The topological polar surface area (TPSA) is 97.6 Å². The fourth-order valence-electron chi connectivity index (χ4n) is 4.30. The largest absolute Gasteiger partial charge is 0.593 e. The number of carbonyl (C=O) groups is 1. The van der Waals surface area contributed by atoms with Crippen molar-refractivity contribution in [2.24, 2.45) is 0 Å². The number of fused-ring (bicyclic) bond motifs is 1. The third kappa shape index (κ3) is 4.94. The van der Waals surface area contributed by atoms with Crippen molar-refractivity contribution >= 4 is 40.1 Å². The molecule has 0 saturated carbocycles. The van der Waals surface area contributed by atoms with Crippen LogP contribution in [0.15, 0.2) is 67.0 Å². The van der Waals surface area contributed by atoms with E-state index in [-0.39, 0.29) is 17.8 Å². The minimum absolute atomic E-state index is 0.0378. The molecule has 5 rings (SSSR count). The van der Waals surface area contributed by atoms with Crippen LogP contribution in [-0.4, -0.2) is 37.4 Å². The van der Waals surface area contributed by atoms with Crippen molar-refractivity contribution in [1.82, 2.24) is 14.6 Å². The van der Waals surface area contributed by atoms with E-state index in [1.807, 2.05) is 25.3 Å². The molecule has 8 nitrogen and oxygen atoms in total. The van der Waals surface area contributed by atoms with Gasteiger partial charge in [-0.3, -0.25) is 4.79 Å². The molecule has 35 heavy (non-hydrogen) atoms.